The van der Waals surface area contributed by atoms with Gasteiger partial charge in [-0.25, -0.2) is 0 Å². The average Bonchev–Trinajstić information content (AvgIpc) is 2.69. The maximum Gasteiger partial charge on any atom is 0.308 e. The Balaban J connectivity index is 1.89. The fourth-order valence-corrected chi connectivity index (χ4v) is 3.31. The van der Waals surface area contributed by atoms with Gasteiger partial charge in [-0.3, -0.25) is 4.79 Å². The molecule has 0 N–H and O–H groups in total. The molecule has 0 radical (unpaired) electrons. The molecule has 102 valence electrons. The van der Waals surface area contributed by atoms with Crippen LogP contribution in [0.1, 0.15) is 51.2 Å². The van der Waals surface area contributed by atoms with Crippen molar-refractivity contribution in [1.82, 2.24) is 0 Å². The summed E-state index contributed by atoms with van der Waals surface area (Å²) in [5.74, 6) is -0.830. The Labute approximate surface area is 113 Å². The van der Waals surface area contributed by atoms with Crippen molar-refractivity contribution in [2.24, 2.45) is 5.41 Å². The fraction of sp³-hybridized carbons (Fsp3) is 0.562. The molecule has 0 unspecified atom stereocenters. The molecule has 0 saturated carbocycles. The Morgan fingerprint density at radius 1 is 1.21 bits per heavy atom. The highest BCUT2D eigenvalue weighted by Crippen LogP contribution is 2.50. The molecule has 2 heterocycles. The molecule has 0 bridgehead atoms. The molecule has 0 amide bonds. The van der Waals surface area contributed by atoms with Crippen molar-refractivity contribution >= 4 is 5.97 Å². The summed E-state index contributed by atoms with van der Waals surface area (Å²) in [6.07, 6.45) is 2.90. The molecule has 1 aromatic carbocycles. The molecule has 3 heteroatoms. The summed E-state index contributed by atoms with van der Waals surface area (Å²) >= 11 is 0. The van der Waals surface area contributed by atoms with E-state index in [1.54, 1.807) is 0 Å². The lowest BCUT2D eigenvalue weighted by atomic mass is 9.76. The third-order valence-corrected chi connectivity index (χ3v) is 4.02. The number of hydrogen-bond acceptors (Lipinski definition) is 3. The first-order chi connectivity index (χ1) is 8.98. The van der Waals surface area contributed by atoms with E-state index >= 15 is 0 Å². The second kappa shape index (κ2) is 4.34. The van der Waals surface area contributed by atoms with Crippen molar-refractivity contribution in [2.75, 3.05) is 0 Å². The Morgan fingerprint density at radius 3 is 2.58 bits per heavy atom. The van der Waals surface area contributed by atoms with Crippen LogP contribution in [0.25, 0.3) is 0 Å². The molecule has 3 rings (SSSR count). The van der Waals surface area contributed by atoms with Crippen LogP contribution in [-0.4, -0.2) is 11.8 Å². The molecule has 1 spiro atoms. The zero-order chi connectivity index (χ0) is 13.5. The maximum absolute atomic E-state index is 11.5. The number of hydrogen-bond donors (Lipinski definition) is 0. The molecular weight excluding hydrogens is 240 g/mol. The van der Waals surface area contributed by atoms with E-state index in [1.807, 2.05) is 18.2 Å². The zero-order valence-electron chi connectivity index (χ0n) is 11.5. The number of ether oxygens (including phenoxy) is 2. The van der Waals surface area contributed by atoms with E-state index < -0.39 is 5.79 Å². The van der Waals surface area contributed by atoms with Crippen LogP contribution >= 0.6 is 0 Å². The summed E-state index contributed by atoms with van der Waals surface area (Å²) in [5.41, 5.74) is 1.28. The van der Waals surface area contributed by atoms with Crippen molar-refractivity contribution in [3.8, 4) is 0 Å². The summed E-state index contributed by atoms with van der Waals surface area (Å²) < 4.78 is 11.7. The Kier molecular flexibility index (Phi) is 2.90. The highest BCUT2D eigenvalue weighted by molar-refractivity contribution is 5.72. The van der Waals surface area contributed by atoms with Gasteiger partial charge in [-0.05, 0) is 17.4 Å². The second-order valence-corrected chi connectivity index (χ2v) is 6.45. The van der Waals surface area contributed by atoms with Gasteiger partial charge >= 0.3 is 5.97 Å². The summed E-state index contributed by atoms with van der Waals surface area (Å²) in [4.78, 5) is 11.5. The van der Waals surface area contributed by atoms with Crippen LogP contribution in [0.4, 0.5) is 0 Å². The number of benzene rings is 1. The van der Waals surface area contributed by atoms with Gasteiger partial charge in [0.15, 0.2) is 0 Å². The quantitative estimate of drug-likeness (QED) is 0.724. The molecule has 3 nitrogen and oxygen atoms in total. The maximum atomic E-state index is 11.5. The molecule has 2 aliphatic rings. The van der Waals surface area contributed by atoms with Crippen LogP contribution < -0.4 is 0 Å². The molecule has 2 saturated heterocycles. The predicted octanol–water partition coefficient (Wildman–Crippen LogP) is 3.60. The van der Waals surface area contributed by atoms with E-state index in [0.29, 0.717) is 12.8 Å². The predicted molar refractivity (Wildman–Crippen MR) is 71.3 cm³/mol. The summed E-state index contributed by atoms with van der Waals surface area (Å²) in [6.45, 7) is 4.44. The Bertz CT molecular complexity index is 480. The van der Waals surface area contributed by atoms with E-state index in [9.17, 15) is 4.79 Å². The minimum atomic E-state index is -0.695. The van der Waals surface area contributed by atoms with Gasteiger partial charge in [0, 0.05) is 12.8 Å². The third kappa shape index (κ3) is 2.52. The molecule has 19 heavy (non-hydrogen) atoms. The first-order valence-corrected chi connectivity index (χ1v) is 6.93. The molecule has 0 aliphatic carbocycles. The van der Waals surface area contributed by atoms with Gasteiger partial charge < -0.3 is 9.47 Å². The first kappa shape index (κ1) is 12.7. The topological polar surface area (TPSA) is 35.5 Å². The van der Waals surface area contributed by atoms with E-state index in [4.69, 9.17) is 9.47 Å². The lowest BCUT2D eigenvalue weighted by Gasteiger charge is -2.45. The van der Waals surface area contributed by atoms with Crippen LogP contribution in [-0.2, 0) is 14.3 Å². The van der Waals surface area contributed by atoms with Gasteiger partial charge in [0.2, 0.25) is 5.79 Å². The monoisotopic (exact) mass is 260 g/mol. The first-order valence-electron chi connectivity index (χ1n) is 6.93. The Morgan fingerprint density at radius 2 is 1.95 bits per heavy atom. The van der Waals surface area contributed by atoms with Crippen LogP contribution in [0.3, 0.4) is 0 Å². The highest BCUT2D eigenvalue weighted by atomic mass is 16.7. The van der Waals surface area contributed by atoms with Crippen molar-refractivity contribution in [3.63, 3.8) is 0 Å². The molecule has 0 aromatic heterocycles. The summed E-state index contributed by atoms with van der Waals surface area (Å²) in [6, 6.07) is 10.2. The summed E-state index contributed by atoms with van der Waals surface area (Å²) in [5, 5.41) is 0. The van der Waals surface area contributed by atoms with Crippen molar-refractivity contribution < 1.29 is 14.3 Å². The van der Waals surface area contributed by atoms with Gasteiger partial charge in [-0.1, -0.05) is 44.2 Å². The van der Waals surface area contributed by atoms with Crippen LogP contribution in [0.2, 0.25) is 0 Å². The Hall–Kier alpha value is -1.35. The average molecular weight is 260 g/mol. The van der Waals surface area contributed by atoms with Crippen molar-refractivity contribution in [2.45, 2.75) is 51.4 Å². The standard InChI is InChI=1S/C16H20O3/c1-15(2)10-13(12-6-4-3-5-7-12)18-16(11-15)9-8-14(17)19-16/h3-7,13H,8-11H2,1-2H3/t13-,16+/m1/s1. The smallest absolute Gasteiger partial charge is 0.308 e. The minimum absolute atomic E-state index is 0.0100. The highest BCUT2D eigenvalue weighted by Gasteiger charge is 2.51. The normalized spacial score (nSPS) is 33.4. The minimum Gasteiger partial charge on any atom is -0.433 e. The fourth-order valence-electron chi connectivity index (χ4n) is 3.31. The van der Waals surface area contributed by atoms with Crippen LogP contribution in [0.15, 0.2) is 30.3 Å². The van der Waals surface area contributed by atoms with E-state index in [0.717, 1.165) is 18.4 Å². The largest absolute Gasteiger partial charge is 0.433 e. The molecular formula is C16H20O3. The number of rotatable bonds is 1. The van der Waals surface area contributed by atoms with Crippen molar-refractivity contribution in [3.05, 3.63) is 35.9 Å². The number of carbonyl (C=O) groups excluding carboxylic acids is 1. The van der Waals surface area contributed by atoms with Crippen LogP contribution in [0.5, 0.6) is 0 Å². The number of esters is 1. The lowest BCUT2D eigenvalue weighted by molar-refractivity contribution is -0.274. The van der Waals surface area contributed by atoms with Gasteiger partial charge in [-0.2, -0.15) is 0 Å². The number of carbonyl (C=O) groups is 1. The summed E-state index contributed by atoms with van der Waals surface area (Å²) in [7, 11) is 0. The van der Waals surface area contributed by atoms with Gasteiger partial charge in [-0.15, -0.1) is 0 Å². The molecule has 1 aromatic rings. The van der Waals surface area contributed by atoms with Crippen molar-refractivity contribution in [1.29, 1.82) is 0 Å². The van der Waals surface area contributed by atoms with Gasteiger partial charge in [0.05, 0.1) is 12.5 Å². The van der Waals surface area contributed by atoms with E-state index in [-0.39, 0.29) is 17.5 Å². The van der Waals surface area contributed by atoms with Gasteiger partial charge in [0.25, 0.3) is 0 Å². The zero-order valence-corrected chi connectivity index (χ0v) is 11.5. The van der Waals surface area contributed by atoms with Gasteiger partial charge in [0.1, 0.15) is 0 Å². The third-order valence-electron chi connectivity index (χ3n) is 4.02. The lowest BCUT2D eigenvalue weighted by Crippen LogP contribution is -2.44. The van der Waals surface area contributed by atoms with E-state index in [2.05, 4.69) is 26.0 Å². The SMILES string of the molecule is CC1(C)C[C@H](c2ccccc2)O[C@]2(CCC(=O)O2)C1. The van der Waals surface area contributed by atoms with Crippen LogP contribution in [0, 0.1) is 5.41 Å². The molecule has 2 atom stereocenters. The van der Waals surface area contributed by atoms with E-state index in [1.165, 1.54) is 0 Å². The molecule has 2 fully saturated rings. The molecule has 2 aliphatic heterocycles. The second-order valence-electron chi connectivity index (χ2n) is 6.45.